The molecule has 2 aromatic rings. The number of nitrogens with one attached hydrogen (secondary N) is 1. The van der Waals surface area contributed by atoms with Crippen LogP contribution in [0.3, 0.4) is 0 Å². The topological polar surface area (TPSA) is 71.8 Å². The molecule has 0 aliphatic carbocycles. The Morgan fingerprint density at radius 3 is 3.00 bits per heavy atom. The monoisotopic (exact) mass is 189 g/mol. The number of nitrogens with two attached hydrogens (primary N) is 1. The van der Waals surface area contributed by atoms with E-state index in [0.29, 0.717) is 22.4 Å². The highest BCUT2D eigenvalue weighted by Gasteiger charge is 2.02. The van der Waals surface area contributed by atoms with Crippen LogP contribution in [0.15, 0.2) is 23.0 Å². The van der Waals surface area contributed by atoms with Crippen LogP contribution in [0.4, 0.5) is 5.69 Å². The predicted molar refractivity (Wildman–Crippen MR) is 56.2 cm³/mol. The molecule has 2 rings (SSSR count). The third kappa shape index (κ3) is 1.35. The van der Waals surface area contributed by atoms with Crippen molar-refractivity contribution >= 4 is 16.6 Å². The van der Waals surface area contributed by atoms with Gasteiger partial charge in [0.15, 0.2) is 0 Å². The van der Waals surface area contributed by atoms with Crippen LogP contribution in [0, 0.1) is 0 Å². The van der Waals surface area contributed by atoms with E-state index in [1.807, 2.05) is 6.92 Å². The van der Waals surface area contributed by atoms with Gasteiger partial charge in [-0.15, -0.1) is 0 Å². The van der Waals surface area contributed by atoms with Crippen molar-refractivity contribution in [2.45, 2.75) is 13.3 Å². The van der Waals surface area contributed by atoms with E-state index in [4.69, 9.17) is 5.73 Å². The third-order valence-corrected chi connectivity index (χ3v) is 2.11. The SMILES string of the molecule is CCc1nc2ccc(N)cc2c(=O)[nH]1. The molecule has 0 unspecified atom stereocenters. The summed E-state index contributed by atoms with van der Waals surface area (Å²) in [5.74, 6) is 0.701. The molecule has 0 radical (unpaired) electrons. The number of anilines is 1. The minimum Gasteiger partial charge on any atom is -0.399 e. The van der Waals surface area contributed by atoms with E-state index in [9.17, 15) is 4.79 Å². The fourth-order valence-electron chi connectivity index (χ4n) is 1.37. The quantitative estimate of drug-likeness (QED) is 0.659. The molecule has 3 N–H and O–H groups in total. The summed E-state index contributed by atoms with van der Waals surface area (Å²) < 4.78 is 0. The lowest BCUT2D eigenvalue weighted by Crippen LogP contribution is -2.11. The van der Waals surface area contributed by atoms with Gasteiger partial charge >= 0.3 is 0 Å². The molecule has 0 spiro atoms. The van der Waals surface area contributed by atoms with Gasteiger partial charge in [0.05, 0.1) is 10.9 Å². The van der Waals surface area contributed by atoms with Crippen LogP contribution >= 0.6 is 0 Å². The van der Waals surface area contributed by atoms with Crippen molar-refractivity contribution < 1.29 is 0 Å². The molecule has 1 aromatic heterocycles. The Kier molecular flexibility index (Phi) is 1.96. The number of H-pyrrole nitrogens is 1. The molecule has 0 atom stereocenters. The van der Waals surface area contributed by atoms with Crippen LogP contribution in [-0.4, -0.2) is 9.97 Å². The van der Waals surface area contributed by atoms with Crippen molar-refractivity contribution in [2.24, 2.45) is 0 Å². The van der Waals surface area contributed by atoms with Gasteiger partial charge in [0.25, 0.3) is 5.56 Å². The average Bonchev–Trinajstić information content (AvgIpc) is 2.19. The summed E-state index contributed by atoms with van der Waals surface area (Å²) in [5.41, 5.74) is 6.73. The highest BCUT2D eigenvalue weighted by molar-refractivity contribution is 5.80. The minimum atomic E-state index is -0.126. The molecule has 0 bridgehead atoms. The third-order valence-electron chi connectivity index (χ3n) is 2.11. The molecule has 4 nitrogen and oxygen atoms in total. The number of hydrogen-bond acceptors (Lipinski definition) is 3. The lowest BCUT2D eigenvalue weighted by atomic mass is 10.2. The molecule has 1 heterocycles. The molecule has 0 saturated carbocycles. The van der Waals surface area contributed by atoms with Crippen LogP contribution in [-0.2, 0) is 6.42 Å². The molecule has 14 heavy (non-hydrogen) atoms. The van der Waals surface area contributed by atoms with Gasteiger partial charge in [-0.3, -0.25) is 4.79 Å². The molecule has 0 aliphatic heterocycles. The number of aryl methyl sites for hydroxylation is 1. The van der Waals surface area contributed by atoms with Crippen molar-refractivity contribution in [1.29, 1.82) is 0 Å². The smallest absolute Gasteiger partial charge is 0.258 e. The Labute approximate surface area is 80.8 Å². The molecule has 0 amide bonds. The maximum absolute atomic E-state index is 11.6. The van der Waals surface area contributed by atoms with E-state index in [1.54, 1.807) is 18.2 Å². The number of fused-ring (bicyclic) bond motifs is 1. The van der Waals surface area contributed by atoms with Crippen LogP contribution in [0.25, 0.3) is 10.9 Å². The lowest BCUT2D eigenvalue weighted by molar-refractivity contribution is 0.944. The van der Waals surface area contributed by atoms with Crippen molar-refractivity contribution in [3.8, 4) is 0 Å². The summed E-state index contributed by atoms with van der Waals surface area (Å²) in [5, 5.41) is 0.544. The summed E-state index contributed by atoms with van der Waals surface area (Å²) in [6.45, 7) is 1.95. The number of nitrogen functional groups attached to an aromatic ring is 1. The fourth-order valence-corrected chi connectivity index (χ4v) is 1.37. The van der Waals surface area contributed by atoms with E-state index in [2.05, 4.69) is 9.97 Å². The molecule has 4 heteroatoms. The van der Waals surface area contributed by atoms with Crippen LogP contribution in [0.5, 0.6) is 0 Å². The predicted octanol–water partition coefficient (Wildman–Crippen LogP) is 1.07. The van der Waals surface area contributed by atoms with E-state index in [0.717, 1.165) is 6.42 Å². The normalized spacial score (nSPS) is 10.6. The Bertz CT molecular complexity index is 530. The lowest BCUT2D eigenvalue weighted by Gasteiger charge is -2.00. The Morgan fingerprint density at radius 1 is 1.50 bits per heavy atom. The Balaban J connectivity index is 2.83. The van der Waals surface area contributed by atoms with Crippen molar-refractivity contribution in [1.82, 2.24) is 9.97 Å². The Morgan fingerprint density at radius 2 is 2.29 bits per heavy atom. The second kappa shape index (κ2) is 3.14. The standard InChI is InChI=1S/C10H11N3O/c1-2-9-12-8-4-3-6(11)5-7(8)10(14)13-9/h3-5H,2,11H2,1H3,(H,12,13,14). The van der Waals surface area contributed by atoms with Gasteiger partial charge in [-0.25, -0.2) is 4.98 Å². The first-order valence-electron chi connectivity index (χ1n) is 4.49. The van der Waals surface area contributed by atoms with E-state index < -0.39 is 0 Å². The van der Waals surface area contributed by atoms with Gasteiger partial charge in [0, 0.05) is 12.1 Å². The molecule has 1 aromatic carbocycles. The summed E-state index contributed by atoms with van der Waals surface area (Å²) in [6, 6.07) is 5.15. The molecule has 0 saturated heterocycles. The van der Waals surface area contributed by atoms with Crippen LogP contribution in [0.2, 0.25) is 0 Å². The molecular formula is C10H11N3O. The van der Waals surface area contributed by atoms with Crippen LogP contribution in [0.1, 0.15) is 12.7 Å². The maximum Gasteiger partial charge on any atom is 0.258 e. The first-order chi connectivity index (χ1) is 6.70. The van der Waals surface area contributed by atoms with Gasteiger partial charge < -0.3 is 10.7 Å². The van der Waals surface area contributed by atoms with Gasteiger partial charge in [-0.05, 0) is 18.2 Å². The molecule has 0 aliphatic rings. The van der Waals surface area contributed by atoms with Gasteiger partial charge in [-0.1, -0.05) is 6.92 Å². The van der Waals surface area contributed by atoms with E-state index in [-0.39, 0.29) is 5.56 Å². The summed E-state index contributed by atoms with van der Waals surface area (Å²) in [7, 11) is 0. The maximum atomic E-state index is 11.6. The van der Waals surface area contributed by atoms with Gasteiger partial charge in [-0.2, -0.15) is 0 Å². The molecule has 72 valence electrons. The minimum absolute atomic E-state index is 0.126. The summed E-state index contributed by atoms with van der Waals surface area (Å²) in [6.07, 6.45) is 0.718. The van der Waals surface area contributed by atoms with Crippen molar-refractivity contribution in [3.05, 3.63) is 34.4 Å². The Hall–Kier alpha value is -1.84. The second-order valence-corrected chi connectivity index (χ2v) is 3.14. The summed E-state index contributed by atoms with van der Waals surface area (Å²) >= 11 is 0. The van der Waals surface area contributed by atoms with Gasteiger partial charge in [0.2, 0.25) is 0 Å². The van der Waals surface area contributed by atoms with Gasteiger partial charge in [0.1, 0.15) is 5.82 Å². The first kappa shape index (κ1) is 8.74. The van der Waals surface area contributed by atoms with E-state index >= 15 is 0 Å². The highest BCUT2D eigenvalue weighted by Crippen LogP contribution is 2.11. The molecule has 0 fully saturated rings. The number of rotatable bonds is 1. The molecular weight excluding hydrogens is 178 g/mol. The number of nitrogens with zero attached hydrogens (tertiary/aromatic N) is 1. The zero-order valence-electron chi connectivity index (χ0n) is 7.87. The van der Waals surface area contributed by atoms with Crippen molar-refractivity contribution in [2.75, 3.05) is 5.73 Å². The largest absolute Gasteiger partial charge is 0.399 e. The highest BCUT2D eigenvalue weighted by atomic mass is 16.1. The number of aromatic amines is 1. The number of aromatic nitrogens is 2. The van der Waals surface area contributed by atoms with Crippen molar-refractivity contribution in [3.63, 3.8) is 0 Å². The van der Waals surface area contributed by atoms with Crippen LogP contribution < -0.4 is 11.3 Å². The fraction of sp³-hybridized carbons (Fsp3) is 0.200. The number of hydrogen-bond donors (Lipinski definition) is 2. The summed E-state index contributed by atoms with van der Waals surface area (Å²) in [4.78, 5) is 18.5. The zero-order valence-corrected chi connectivity index (χ0v) is 7.87. The average molecular weight is 189 g/mol. The number of benzene rings is 1. The second-order valence-electron chi connectivity index (χ2n) is 3.14. The first-order valence-corrected chi connectivity index (χ1v) is 4.49. The zero-order chi connectivity index (χ0) is 10.1. The van der Waals surface area contributed by atoms with E-state index in [1.165, 1.54) is 0 Å².